The van der Waals surface area contributed by atoms with E-state index in [9.17, 15) is 9.59 Å². The average molecular weight is 387 g/mol. The van der Waals surface area contributed by atoms with Crippen molar-refractivity contribution in [2.75, 3.05) is 0 Å². The van der Waals surface area contributed by atoms with E-state index in [0.29, 0.717) is 22.6 Å². The van der Waals surface area contributed by atoms with Crippen molar-refractivity contribution >= 4 is 33.8 Å². The molecule has 0 bridgehead atoms. The number of Topliss-reactive ketones (excluding diaryl/α,β-unsaturated/α-hetero) is 1. The van der Waals surface area contributed by atoms with Gasteiger partial charge in [0.2, 0.25) is 5.78 Å². The molecule has 2 aromatic carbocycles. The van der Waals surface area contributed by atoms with Crippen molar-refractivity contribution in [2.45, 2.75) is 20.3 Å². The molecule has 0 unspecified atom stereocenters. The van der Waals surface area contributed by atoms with Crippen molar-refractivity contribution in [3.63, 3.8) is 0 Å². The van der Waals surface area contributed by atoms with E-state index in [2.05, 4.69) is 15.9 Å². The van der Waals surface area contributed by atoms with Gasteiger partial charge in [0.15, 0.2) is 5.76 Å². The van der Waals surface area contributed by atoms with Crippen LogP contribution >= 0.6 is 15.9 Å². The molecule has 0 aromatic heterocycles. The van der Waals surface area contributed by atoms with Crippen LogP contribution in [0.5, 0.6) is 11.5 Å². The average Bonchev–Trinajstić information content (AvgIpc) is 2.86. The Kier molecular flexibility index (Phi) is 4.53. The van der Waals surface area contributed by atoms with Gasteiger partial charge in [-0.2, -0.15) is 0 Å². The summed E-state index contributed by atoms with van der Waals surface area (Å²) in [5, 5.41) is 0. The third-order valence-electron chi connectivity index (χ3n) is 3.66. The number of halogens is 1. The second kappa shape index (κ2) is 6.61. The van der Waals surface area contributed by atoms with Crippen LogP contribution < -0.4 is 9.47 Å². The number of carbonyl (C=O) groups excluding carboxylic acids is 2. The highest BCUT2D eigenvalue weighted by Crippen LogP contribution is 2.38. The van der Waals surface area contributed by atoms with Gasteiger partial charge >= 0.3 is 5.97 Å². The molecule has 1 aliphatic rings. The molecule has 0 aliphatic carbocycles. The first-order valence-electron chi connectivity index (χ1n) is 7.53. The summed E-state index contributed by atoms with van der Waals surface area (Å²) in [5.74, 6) is 0.540. The minimum absolute atomic E-state index is 0.174. The summed E-state index contributed by atoms with van der Waals surface area (Å²) in [5.41, 5.74) is 2.07. The van der Waals surface area contributed by atoms with Gasteiger partial charge in [-0.3, -0.25) is 9.59 Å². The maximum Gasteiger partial charge on any atom is 0.310 e. The highest BCUT2D eigenvalue weighted by molar-refractivity contribution is 9.10. The van der Waals surface area contributed by atoms with Crippen LogP contribution in [0.15, 0.2) is 46.6 Å². The molecule has 122 valence electrons. The van der Waals surface area contributed by atoms with Crippen molar-refractivity contribution in [3.8, 4) is 11.5 Å². The minimum atomic E-state index is -0.331. The van der Waals surface area contributed by atoms with E-state index in [4.69, 9.17) is 9.47 Å². The number of allylic oxidation sites excluding steroid dienone is 1. The van der Waals surface area contributed by atoms with Gasteiger partial charge in [-0.15, -0.1) is 0 Å². The lowest BCUT2D eigenvalue weighted by Crippen LogP contribution is -2.06. The predicted molar refractivity (Wildman–Crippen MR) is 94.2 cm³/mol. The minimum Gasteiger partial charge on any atom is -0.452 e. The van der Waals surface area contributed by atoms with E-state index in [1.54, 1.807) is 32.1 Å². The van der Waals surface area contributed by atoms with Gasteiger partial charge in [0.1, 0.15) is 11.5 Å². The maximum absolute atomic E-state index is 12.6. The van der Waals surface area contributed by atoms with Crippen molar-refractivity contribution in [2.24, 2.45) is 0 Å². The molecule has 0 atom stereocenters. The van der Waals surface area contributed by atoms with E-state index >= 15 is 0 Å². The Morgan fingerprint density at radius 1 is 1.29 bits per heavy atom. The second-order valence-corrected chi connectivity index (χ2v) is 6.26. The topological polar surface area (TPSA) is 52.6 Å². The number of esters is 1. The van der Waals surface area contributed by atoms with Crippen LogP contribution in [0.25, 0.3) is 6.08 Å². The quantitative estimate of drug-likeness (QED) is 0.436. The molecule has 0 saturated heterocycles. The zero-order valence-corrected chi connectivity index (χ0v) is 14.8. The molecular formula is C19H15BrO4. The summed E-state index contributed by atoms with van der Waals surface area (Å²) >= 11 is 3.45. The number of benzene rings is 2. The van der Waals surface area contributed by atoms with Crippen LogP contribution in [0.3, 0.4) is 0 Å². The number of ether oxygens (including phenoxy) is 2. The van der Waals surface area contributed by atoms with Crippen LogP contribution in [-0.4, -0.2) is 11.8 Å². The Bertz CT molecular complexity index is 868. The molecule has 0 amide bonds. The lowest BCUT2D eigenvalue weighted by molar-refractivity contribution is -0.134. The van der Waals surface area contributed by atoms with E-state index in [-0.39, 0.29) is 23.9 Å². The van der Waals surface area contributed by atoms with Crippen LogP contribution in [0.4, 0.5) is 0 Å². The zero-order chi connectivity index (χ0) is 17.3. The lowest BCUT2D eigenvalue weighted by Gasteiger charge is -2.06. The monoisotopic (exact) mass is 386 g/mol. The molecular weight excluding hydrogens is 372 g/mol. The van der Waals surface area contributed by atoms with Crippen molar-refractivity contribution in [1.29, 1.82) is 0 Å². The van der Waals surface area contributed by atoms with E-state index in [1.807, 2.05) is 24.3 Å². The third-order valence-corrected chi connectivity index (χ3v) is 4.38. The Morgan fingerprint density at radius 2 is 2.04 bits per heavy atom. The Hall–Kier alpha value is -2.40. The summed E-state index contributed by atoms with van der Waals surface area (Å²) in [7, 11) is 0. The molecule has 3 rings (SSSR count). The van der Waals surface area contributed by atoms with Crippen LogP contribution in [0.1, 0.15) is 34.8 Å². The smallest absolute Gasteiger partial charge is 0.310 e. The Balaban J connectivity index is 1.97. The van der Waals surface area contributed by atoms with Gasteiger partial charge in [-0.1, -0.05) is 41.1 Å². The summed E-state index contributed by atoms with van der Waals surface area (Å²) in [6.45, 7) is 3.52. The van der Waals surface area contributed by atoms with Gasteiger partial charge in [-0.05, 0) is 36.3 Å². The van der Waals surface area contributed by atoms with Crippen LogP contribution in [0, 0.1) is 6.92 Å². The molecule has 0 N–H and O–H groups in total. The Labute approximate surface area is 148 Å². The number of hydrogen-bond donors (Lipinski definition) is 0. The molecule has 0 saturated carbocycles. The summed E-state index contributed by atoms with van der Waals surface area (Å²) in [6.07, 6.45) is 1.98. The zero-order valence-electron chi connectivity index (χ0n) is 13.3. The van der Waals surface area contributed by atoms with Crippen LogP contribution in [0.2, 0.25) is 0 Å². The van der Waals surface area contributed by atoms with Gasteiger partial charge in [-0.25, -0.2) is 0 Å². The lowest BCUT2D eigenvalue weighted by atomic mass is 10.0. The highest BCUT2D eigenvalue weighted by Gasteiger charge is 2.30. The molecule has 1 heterocycles. The predicted octanol–water partition coefficient (Wildman–Crippen LogP) is 4.69. The molecule has 24 heavy (non-hydrogen) atoms. The SMILES string of the molecule is CCC(=O)Oc1cc(C)c2c(c1)O/C(=C\c1ccccc1Br)C2=O. The largest absolute Gasteiger partial charge is 0.452 e. The molecule has 4 nitrogen and oxygen atoms in total. The van der Waals surface area contributed by atoms with E-state index < -0.39 is 0 Å². The molecule has 0 radical (unpaired) electrons. The number of carbonyl (C=O) groups is 2. The fraction of sp³-hybridized carbons (Fsp3) is 0.158. The van der Waals surface area contributed by atoms with Gasteiger partial charge in [0.25, 0.3) is 0 Å². The summed E-state index contributed by atoms with van der Waals surface area (Å²) < 4.78 is 11.8. The van der Waals surface area contributed by atoms with Crippen LogP contribution in [-0.2, 0) is 4.79 Å². The van der Waals surface area contributed by atoms with E-state index in [0.717, 1.165) is 10.0 Å². The number of hydrogen-bond acceptors (Lipinski definition) is 4. The van der Waals surface area contributed by atoms with Crippen molar-refractivity contribution in [3.05, 3.63) is 63.3 Å². The highest BCUT2D eigenvalue weighted by atomic mass is 79.9. The molecule has 0 spiro atoms. The second-order valence-electron chi connectivity index (χ2n) is 5.40. The van der Waals surface area contributed by atoms with Crippen molar-refractivity contribution < 1.29 is 19.1 Å². The normalized spacial score (nSPS) is 14.5. The first-order valence-corrected chi connectivity index (χ1v) is 8.33. The molecule has 0 fully saturated rings. The first kappa shape index (κ1) is 16.5. The standard InChI is InChI=1S/C19H15BrO4/c1-3-17(21)23-13-8-11(2)18-15(10-13)24-16(19(18)22)9-12-6-4-5-7-14(12)20/h4-10H,3H2,1-2H3/b16-9-. The fourth-order valence-corrected chi connectivity index (χ4v) is 2.87. The van der Waals surface area contributed by atoms with Gasteiger partial charge in [0.05, 0.1) is 5.56 Å². The van der Waals surface area contributed by atoms with Gasteiger partial charge < -0.3 is 9.47 Å². The Morgan fingerprint density at radius 3 is 2.75 bits per heavy atom. The summed E-state index contributed by atoms with van der Waals surface area (Å²) in [4.78, 5) is 24.1. The van der Waals surface area contributed by atoms with Crippen molar-refractivity contribution in [1.82, 2.24) is 0 Å². The maximum atomic E-state index is 12.6. The molecule has 2 aromatic rings. The molecule has 1 aliphatic heterocycles. The number of ketones is 1. The fourth-order valence-electron chi connectivity index (χ4n) is 2.47. The third kappa shape index (κ3) is 3.12. The van der Waals surface area contributed by atoms with Gasteiger partial charge in [0, 0.05) is 17.0 Å². The summed E-state index contributed by atoms with van der Waals surface area (Å²) in [6, 6.07) is 10.8. The van der Waals surface area contributed by atoms with E-state index in [1.165, 1.54) is 0 Å². The molecule has 5 heteroatoms. The number of aryl methyl sites for hydroxylation is 1. The number of fused-ring (bicyclic) bond motifs is 1. The first-order chi connectivity index (χ1) is 11.5. The number of rotatable bonds is 3.